The molecule has 0 radical (unpaired) electrons. The van der Waals surface area contributed by atoms with Crippen LogP contribution in [0.4, 0.5) is 16.2 Å². The van der Waals surface area contributed by atoms with E-state index in [-0.39, 0.29) is 12.6 Å². The normalized spacial score (nSPS) is 15.8. The molecule has 1 aromatic rings. The number of rotatable bonds is 4. The van der Waals surface area contributed by atoms with Crippen LogP contribution in [-0.4, -0.2) is 41.6 Å². The van der Waals surface area contributed by atoms with E-state index in [9.17, 15) is 9.59 Å². The maximum atomic E-state index is 12.4. The summed E-state index contributed by atoms with van der Waals surface area (Å²) in [6.45, 7) is 4.43. The van der Waals surface area contributed by atoms with E-state index in [2.05, 4.69) is 0 Å². The summed E-state index contributed by atoms with van der Waals surface area (Å²) >= 11 is 0. The van der Waals surface area contributed by atoms with Gasteiger partial charge in [0.25, 0.3) is 0 Å². The molecule has 0 saturated carbocycles. The Morgan fingerprint density at radius 3 is 2.60 bits per heavy atom. The lowest BCUT2D eigenvalue weighted by molar-refractivity contribution is -0.147. The molecule has 0 unspecified atom stereocenters. The van der Waals surface area contributed by atoms with Gasteiger partial charge >= 0.3 is 12.0 Å². The van der Waals surface area contributed by atoms with E-state index < -0.39 is 11.4 Å². The van der Waals surface area contributed by atoms with E-state index >= 15 is 0 Å². The molecule has 1 aliphatic heterocycles. The third-order valence-electron chi connectivity index (χ3n) is 3.49. The van der Waals surface area contributed by atoms with E-state index in [1.54, 1.807) is 35.8 Å². The minimum Gasteiger partial charge on any atom is -0.481 e. The first-order chi connectivity index (χ1) is 9.33. The minimum atomic E-state index is -0.964. The highest BCUT2D eigenvalue weighted by atomic mass is 16.4. The number of nitrogen functional groups attached to an aromatic ring is 1. The van der Waals surface area contributed by atoms with Crippen molar-refractivity contribution in [1.82, 2.24) is 4.90 Å². The Labute approximate surface area is 117 Å². The molecule has 2 rings (SSSR count). The molecule has 20 heavy (non-hydrogen) atoms. The molecule has 6 heteroatoms. The van der Waals surface area contributed by atoms with Crippen LogP contribution in [0.15, 0.2) is 24.3 Å². The highest BCUT2D eigenvalue weighted by molar-refractivity contribution is 5.97. The first-order valence-electron chi connectivity index (χ1n) is 6.47. The monoisotopic (exact) mass is 277 g/mol. The van der Waals surface area contributed by atoms with Crippen LogP contribution in [0, 0.1) is 5.41 Å². The largest absolute Gasteiger partial charge is 0.481 e. The van der Waals surface area contributed by atoms with E-state index in [1.165, 1.54) is 0 Å². The van der Waals surface area contributed by atoms with Gasteiger partial charge in [-0.2, -0.15) is 0 Å². The number of hydrogen-bond donors (Lipinski definition) is 2. The summed E-state index contributed by atoms with van der Waals surface area (Å²) in [5.74, 6) is -0.914. The summed E-state index contributed by atoms with van der Waals surface area (Å²) in [5.41, 5.74) is 6.13. The molecule has 6 nitrogen and oxygen atoms in total. The van der Waals surface area contributed by atoms with Gasteiger partial charge in [0.05, 0.1) is 16.8 Å². The highest BCUT2D eigenvalue weighted by Crippen LogP contribution is 2.28. The topological polar surface area (TPSA) is 86.9 Å². The molecule has 1 saturated heterocycles. The number of hydrogen-bond acceptors (Lipinski definition) is 3. The van der Waals surface area contributed by atoms with E-state index in [4.69, 9.17) is 10.8 Å². The second-order valence-corrected chi connectivity index (χ2v) is 5.60. The minimum absolute atomic E-state index is 0.185. The summed E-state index contributed by atoms with van der Waals surface area (Å²) in [7, 11) is 0. The Morgan fingerprint density at radius 2 is 2.00 bits per heavy atom. The second kappa shape index (κ2) is 5.03. The van der Waals surface area contributed by atoms with Gasteiger partial charge in [0.1, 0.15) is 0 Å². The van der Waals surface area contributed by atoms with Crippen molar-refractivity contribution in [2.45, 2.75) is 13.8 Å². The molecule has 108 valence electrons. The fourth-order valence-electron chi connectivity index (χ4n) is 2.23. The molecule has 0 aromatic heterocycles. The molecule has 0 bridgehead atoms. The molecular formula is C14H19N3O3. The standard InChI is InChI=1S/C14H19N3O3/c1-14(2,12(18)19)9-16-7-8-17(13(16)20)11-6-4-3-5-10(11)15/h3-6H,7-9,15H2,1-2H3,(H,18,19). The maximum absolute atomic E-state index is 12.4. The van der Waals surface area contributed by atoms with Gasteiger partial charge in [-0.3, -0.25) is 9.69 Å². The number of carboxylic acids is 1. The van der Waals surface area contributed by atoms with Gasteiger partial charge < -0.3 is 15.7 Å². The molecule has 1 aromatic carbocycles. The number of urea groups is 1. The quantitative estimate of drug-likeness (QED) is 0.819. The lowest BCUT2D eigenvalue weighted by Gasteiger charge is -2.26. The van der Waals surface area contributed by atoms with Crippen LogP contribution in [0.25, 0.3) is 0 Å². The summed E-state index contributed by atoms with van der Waals surface area (Å²) in [5, 5.41) is 9.14. The van der Waals surface area contributed by atoms with Gasteiger partial charge in [0.15, 0.2) is 0 Å². The van der Waals surface area contributed by atoms with Crippen molar-refractivity contribution in [3.63, 3.8) is 0 Å². The molecule has 3 N–H and O–H groups in total. The number of anilines is 2. The molecule has 1 heterocycles. The zero-order chi connectivity index (χ0) is 14.9. The predicted molar refractivity (Wildman–Crippen MR) is 76.6 cm³/mol. The molecule has 2 amide bonds. The lowest BCUT2D eigenvalue weighted by atomic mass is 9.93. The molecule has 0 atom stereocenters. The molecule has 1 aliphatic rings. The lowest BCUT2D eigenvalue weighted by Crippen LogP contribution is -2.41. The van der Waals surface area contributed by atoms with E-state index in [0.29, 0.717) is 24.5 Å². The SMILES string of the molecule is CC(C)(CN1CCN(c2ccccc2N)C1=O)C(=O)O. The first kappa shape index (κ1) is 14.2. The third-order valence-corrected chi connectivity index (χ3v) is 3.49. The number of aliphatic carboxylic acids is 1. The maximum Gasteiger partial charge on any atom is 0.324 e. The number of para-hydroxylation sites is 2. The summed E-state index contributed by atoms with van der Waals surface area (Å²) in [4.78, 5) is 26.7. The summed E-state index contributed by atoms with van der Waals surface area (Å²) in [6, 6.07) is 6.97. The number of benzene rings is 1. The number of carbonyl (C=O) groups excluding carboxylic acids is 1. The van der Waals surface area contributed by atoms with Gasteiger partial charge in [0.2, 0.25) is 0 Å². The third kappa shape index (κ3) is 2.54. The molecular weight excluding hydrogens is 258 g/mol. The van der Waals surface area contributed by atoms with Gasteiger partial charge in [-0.05, 0) is 26.0 Å². The van der Waals surface area contributed by atoms with Gasteiger partial charge in [0, 0.05) is 19.6 Å². The van der Waals surface area contributed by atoms with Crippen LogP contribution in [-0.2, 0) is 4.79 Å². The van der Waals surface area contributed by atoms with E-state index in [1.807, 2.05) is 12.1 Å². The Kier molecular flexibility index (Phi) is 3.57. The Bertz CT molecular complexity index is 542. The van der Waals surface area contributed by atoms with Gasteiger partial charge in [-0.1, -0.05) is 12.1 Å². The van der Waals surface area contributed by atoms with Gasteiger partial charge in [-0.15, -0.1) is 0 Å². The second-order valence-electron chi connectivity index (χ2n) is 5.60. The van der Waals surface area contributed by atoms with Crippen LogP contribution in [0.2, 0.25) is 0 Å². The average Bonchev–Trinajstić information content (AvgIpc) is 2.71. The van der Waals surface area contributed by atoms with Crippen molar-refractivity contribution >= 4 is 23.4 Å². The van der Waals surface area contributed by atoms with Crippen molar-refractivity contribution in [2.24, 2.45) is 5.41 Å². The fourth-order valence-corrected chi connectivity index (χ4v) is 2.23. The van der Waals surface area contributed by atoms with Crippen molar-refractivity contribution in [3.8, 4) is 0 Å². The summed E-state index contributed by atoms with van der Waals surface area (Å²) < 4.78 is 0. The number of amides is 2. The predicted octanol–water partition coefficient (Wildman–Crippen LogP) is 1.62. The zero-order valence-electron chi connectivity index (χ0n) is 11.7. The van der Waals surface area contributed by atoms with Crippen LogP contribution in [0.3, 0.4) is 0 Å². The Morgan fingerprint density at radius 1 is 1.35 bits per heavy atom. The molecule has 0 aliphatic carbocycles. The van der Waals surface area contributed by atoms with Crippen molar-refractivity contribution in [1.29, 1.82) is 0 Å². The number of carbonyl (C=O) groups is 2. The Hall–Kier alpha value is -2.24. The van der Waals surface area contributed by atoms with Crippen molar-refractivity contribution in [3.05, 3.63) is 24.3 Å². The van der Waals surface area contributed by atoms with Crippen molar-refractivity contribution < 1.29 is 14.7 Å². The number of nitrogens with zero attached hydrogens (tertiary/aromatic N) is 2. The van der Waals surface area contributed by atoms with Gasteiger partial charge in [-0.25, -0.2) is 4.79 Å². The Balaban J connectivity index is 2.15. The molecule has 0 spiro atoms. The van der Waals surface area contributed by atoms with Crippen LogP contribution in [0.5, 0.6) is 0 Å². The van der Waals surface area contributed by atoms with Crippen molar-refractivity contribution in [2.75, 3.05) is 30.3 Å². The first-order valence-corrected chi connectivity index (χ1v) is 6.47. The summed E-state index contributed by atoms with van der Waals surface area (Å²) in [6.07, 6.45) is 0. The smallest absolute Gasteiger partial charge is 0.324 e. The fraction of sp³-hybridized carbons (Fsp3) is 0.429. The molecule has 1 fully saturated rings. The number of nitrogens with two attached hydrogens (primary N) is 1. The van der Waals surface area contributed by atoms with Crippen LogP contribution < -0.4 is 10.6 Å². The van der Waals surface area contributed by atoms with E-state index in [0.717, 1.165) is 0 Å². The van der Waals surface area contributed by atoms with Crippen LogP contribution >= 0.6 is 0 Å². The zero-order valence-corrected chi connectivity index (χ0v) is 11.7. The average molecular weight is 277 g/mol. The van der Waals surface area contributed by atoms with Crippen LogP contribution in [0.1, 0.15) is 13.8 Å². The highest BCUT2D eigenvalue weighted by Gasteiger charge is 2.37. The number of carboxylic acid groups (broad SMARTS) is 1.